The summed E-state index contributed by atoms with van der Waals surface area (Å²) in [5.74, 6) is 0.638. The number of nitrogens with one attached hydrogen (secondary N) is 2. The van der Waals surface area contributed by atoms with Crippen LogP contribution in [0.25, 0.3) is 28.1 Å². The fraction of sp³-hybridized carbons (Fsp3) is 0.174. The van der Waals surface area contributed by atoms with Crippen molar-refractivity contribution < 1.29 is 4.79 Å². The minimum atomic E-state index is -0.170. The Hall–Kier alpha value is -3.85. The highest BCUT2D eigenvalue weighted by molar-refractivity contribution is 7.17. The second-order valence-corrected chi connectivity index (χ2v) is 8.88. The van der Waals surface area contributed by atoms with Gasteiger partial charge in [0.2, 0.25) is 0 Å². The number of H-pyrrole nitrogens is 1. The predicted molar refractivity (Wildman–Crippen MR) is 123 cm³/mol. The van der Waals surface area contributed by atoms with E-state index in [9.17, 15) is 4.79 Å². The molecule has 158 valence electrons. The fourth-order valence-corrected chi connectivity index (χ4v) is 5.51. The molecule has 1 amide bonds. The minimum Gasteiger partial charge on any atom is -0.338 e. The van der Waals surface area contributed by atoms with E-state index in [1.165, 1.54) is 27.9 Å². The fourth-order valence-electron chi connectivity index (χ4n) is 4.22. The van der Waals surface area contributed by atoms with Crippen LogP contribution in [0.4, 0.5) is 5.00 Å². The highest BCUT2D eigenvalue weighted by Crippen LogP contribution is 2.43. The molecule has 0 aliphatic heterocycles. The number of thiophene rings is 1. The number of aryl methyl sites for hydroxylation is 1. The largest absolute Gasteiger partial charge is 0.338 e. The Labute approximate surface area is 187 Å². The number of fused-ring (bicyclic) bond motifs is 2. The zero-order chi connectivity index (χ0) is 21.5. The van der Waals surface area contributed by atoms with Crippen molar-refractivity contribution in [2.24, 2.45) is 0 Å². The summed E-state index contributed by atoms with van der Waals surface area (Å²) < 4.78 is 1.53. The Bertz CT molecular complexity index is 1400. The number of aromatic nitrogens is 6. The van der Waals surface area contributed by atoms with Crippen molar-refractivity contribution in [1.82, 2.24) is 30.2 Å². The maximum atomic E-state index is 13.2. The topological polar surface area (TPSA) is 101 Å². The third kappa shape index (κ3) is 3.27. The van der Waals surface area contributed by atoms with E-state index in [0.717, 1.165) is 52.4 Å². The van der Waals surface area contributed by atoms with Gasteiger partial charge in [-0.2, -0.15) is 0 Å². The molecule has 0 bridgehead atoms. The molecule has 9 heteroatoms. The molecule has 0 unspecified atom stereocenters. The summed E-state index contributed by atoms with van der Waals surface area (Å²) in [5, 5.41) is 15.2. The molecule has 0 spiro atoms. The molecule has 1 aliphatic rings. The predicted octanol–water partition coefficient (Wildman–Crippen LogP) is 4.40. The number of rotatable bonds is 4. The van der Waals surface area contributed by atoms with E-state index < -0.39 is 0 Å². The van der Waals surface area contributed by atoms with Crippen LogP contribution in [-0.4, -0.2) is 36.1 Å². The van der Waals surface area contributed by atoms with Gasteiger partial charge < -0.3 is 10.3 Å². The van der Waals surface area contributed by atoms with Crippen molar-refractivity contribution in [2.45, 2.75) is 25.7 Å². The third-order valence-electron chi connectivity index (χ3n) is 5.75. The van der Waals surface area contributed by atoms with Gasteiger partial charge in [0.1, 0.15) is 17.2 Å². The SMILES string of the molecule is O=C(Nc1sc2c(c1-c1nc3ccccc3[nH]1)CCCC2)c1cccc(-n2cnnn2)c1. The summed E-state index contributed by atoms with van der Waals surface area (Å²) in [7, 11) is 0. The summed E-state index contributed by atoms with van der Waals surface area (Å²) in [4.78, 5) is 22.8. The number of nitrogens with zero attached hydrogens (tertiary/aromatic N) is 5. The number of tetrazole rings is 1. The van der Waals surface area contributed by atoms with Crippen molar-refractivity contribution >= 4 is 33.3 Å². The van der Waals surface area contributed by atoms with Crippen LogP contribution in [0.5, 0.6) is 0 Å². The minimum absolute atomic E-state index is 0.170. The van der Waals surface area contributed by atoms with Gasteiger partial charge in [0, 0.05) is 10.4 Å². The second kappa shape index (κ2) is 7.69. The molecule has 5 aromatic rings. The lowest BCUT2D eigenvalue weighted by molar-refractivity contribution is 0.102. The maximum absolute atomic E-state index is 13.2. The molecule has 0 radical (unpaired) electrons. The Morgan fingerprint density at radius 2 is 2.00 bits per heavy atom. The molecule has 32 heavy (non-hydrogen) atoms. The molecule has 3 heterocycles. The van der Waals surface area contributed by atoms with Gasteiger partial charge in [-0.15, -0.1) is 16.4 Å². The van der Waals surface area contributed by atoms with Crippen molar-refractivity contribution in [2.75, 3.05) is 5.32 Å². The highest BCUT2D eigenvalue weighted by Gasteiger charge is 2.25. The smallest absolute Gasteiger partial charge is 0.256 e. The number of benzene rings is 2. The first-order chi connectivity index (χ1) is 15.8. The van der Waals surface area contributed by atoms with Crippen molar-refractivity contribution in [3.63, 3.8) is 0 Å². The van der Waals surface area contributed by atoms with Gasteiger partial charge in [0.25, 0.3) is 5.91 Å². The first kappa shape index (κ1) is 18.9. The molecule has 0 fully saturated rings. The Morgan fingerprint density at radius 1 is 1.09 bits per heavy atom. The average molecular weight is 442 g/mol. The third-order valence-corrected chi connectivity index (χ3v) is 6.95. The summed E-state index contributed by atoms with van der Waals surface area (Å²) in [6.07, 6.45) is 5.87. The van der Waals surface area contributed by atoms with Gasteiger partial charge in [0.15, 0.2) is 0 Å². The molecule has 2 N–H and O–H groups in total. The Kier molecular flexibility index (Phi) is 4.53. The van der Waals surface area contributed by atoms with Crippen LogP contribution in [0.2, 0.25) is 0 Å². The molecular weight excluding hydrogens is 422 g/mol. The van der Waals surface area contributed by atoms with Crippen molar-refractivity contribution in [3.8, 4) is 17.1 Å². The van der Waals surface area contributed by atoms with Crippen LogP contribution in [0.3, 0.4) is 0 Å². The van der Waals surface area contributed by atoms with E-state index in [1.807, 2.05) is 36.4 Å². The number of amides is 1. The number of anilines is 1. The summed E-state index contributed by atoms with van der Waals surface area (Å²) in [6, 6.07) is 15.2. The number of para-hydroxylation sites is 2. The molecule has 1 aliphatic carbocycles. The lowest BCUT2D eigenvalue weighted by atomic mass is 9.95. The molecular formula is C23H19N7OS. The molecule has 0 atom stereocenters. The molecule has 8 nitrogen and oxygen atoms in total. The van der Waals surface area contributed by atoms with E-state index in [0.29, 0.717) is 5.56 Å². The van der Waals surface area contributed by atoms with Crippen LogP contribution in [0.1, 0.15) is 33.6 Å². The van der Waals surface area contributed by atoms with Crippen LogP contribution >= 0.6 is 11.3 Å². The monoisotopic (exact) mass is 441 g/mol. The van der Waals surface area contributed by atoms with Crippen LogP contribution in [0.15, 0.2) is 54.9 Å². The Morgan fingerprint density at radius 3 is 2.88 bits per heavy atom. The summed E-state index contributed by atoms with van der Waals surface area (Å²) in [6.45, 7) is 0. The zero-order valence-electron chi connectivity index (χ0n) is 17.1. The van der Waals surface area contributed by atoms with Gasteiger partial charge in [-0.05, 0) is 72.0 Å². The van der Waals surface area contributed by atoms with E-state index in [1.54, 1.807) is 23.5 Å². The molecule has 6 rings (SSSR count). The molecule has 0 saturated carbocycles. The van der Waals surface area contributed by atoms with E-state index in [4.69, 9.17) is 4.98 Å². The first-order valence-corrected chi connectivity index (χ1v) is 11.3. The van der Waals surface area contributed by atoms with Crippen molar-refractivity contribution in [3.05, 3.63) is 70.9 Å². The van der Waals surface area contributed by atoms with Gasteiger partial charge in [-0.1, -0.05) is 18.2 Å². The zero-order valence-corrected chi connectivity index (χ0v) is 17.9. The van der Waals surface area contributed by atoms with E-state index in [-0.39, 0.29) is 5.91 Å². The normalized spacial score (nSPS) is 13.2. The number of hydrogen-bond donors (Lipinski definition) is 2. The van der Waals surface area contributed by atoms with Crippen LogP contribution in [-0.2, 0) is 12.8 Å². The van der Waals surface area contributed by atoms with Gasteiger partial charge in [0.05, 0.1) is 22.3 Å². The van der Waals surface area contributed by atoms with Gasteiger partial charge in [-0.25, -0.2) is 9.67 Å². The van der Waals surface area contributed by atoms with Crippen LogP contribution in [0, 0.1) is 0 Å². The summed E-state index contributed by atoms with van der Waals surface area (Å²) in [5.41, 5.74) is 5.50. The standard InChI is InChI=1S/C23H19N7OS/c31-22(14-6-5-7-15(12-14)30-13-24-28-29-30)27-23-20(16-8-1-4-11-19(16)32-23)21-25-17-9-2-3-10-18(17)26-21/h2-3,5-7,9-10,12-13H,1,4,8,11H2,(H,25,26)(H,27,31). The molecule has 0 saturated heterocycles. The van der Waals surface area contributed by atoms with E-state index >= 15 is 0 Å². The lowest BCUT2D eigenvalue weighted by Crippen LogP contribution is -2.12. The number of carbonyl (C=O) groups excluding carboxylic acids is 1. The molecule has 3 aromatic heterocycles. The number of carbonyl (C=O) groups is 1. The number of aromatic amines is 1. The van der Waals surface area contributed by atoms with Crippen molar-refractivity contribution in [1.29, 1.82) is 0 Å². The maximum Gasteiger partial charge on any atom is 0.256 e. The van der Waals surface area contributed by atoms with Gasteiger partial charge >= 0.3 is 0 Å². The molecule has 2 aromatic carbocycles. The summed E-state index contributed by atoms with van der Waals surface area (Å²) >= 11 is 1.66. The van der Waals surface area contributed by atoms with E-state index in [2.05, 4.69) is 25.8 Å². The number of imidazole rings is 1. The van der Waals surface area contributed by atoms with Crippen LogP contribution < -0.4 is 5.32 Å². The first-order valence-electron chi connectivity index (χ1n) is 10.5. The van der Waals surface area contributed by atoms with Gasteiger partial charge in [-0.3, -0.25) is 4.79 Å². The second-order valence-electron chi connectivity index (χ2n) is 7.78. The highest BCUT2D eigenvalue weighted by atomic mass is 32.1. The quantitative estimate of drug-likeness (QED) is 0.430. The average Bonchev–Trinajstić information content (AvgIpc) is 3.56. The Balaban J connectivity index is 1.39. The lowest BCUT2D eigenvalue weighted by Gasteiger charge is -2.12. The number of hydrogen-bond acceptors (Lipinski definition) is 6.